The van der Waals surface area contributed by atoms with Crippen molar-refractivity contribution in [3.8, 4) is 0 Å². The fourth-order valence-corrected chi connectivity index (χ4v) is 2.29. The van der Waals surface area contributed by atoms with Gasteiger partial charge in [0.2, 0.25) is 0 Å². The van der Waals surface area contributed by atoms with E-state index >= 15 is 0 Å². The molecule has 0 amide bonds. The number of hydrogen-bond donors (Lipinski definition) is 0. The fourth-order valence-electron chi connectivity index (χ4n) is 2.03. The van der Waals surface area contributed by atoms with Crippen LogP contribution in [0, 0.1) is 5.92 Å². The van der Waals surface area contributed by atoms with Crippen molar-refractivity contribution in [2.75, 3.05) is 25.6 Å². The van der Waals surface area contributed by atoms with Gasteiger partial charge in [0.15, 0.2) is 5.78 Å². The van der Waals surface area contributed by atoms with E-state index in [2.05, 4.69) is 4.74 Å². The summed E-state index contributed by atoms with van der Waals surface area (Å²) in [5.74, 6) is -1.58. The first-order valence-corrected chi connectivity index (χ1v) is 5.55. The number of anilines is 1. The molecule has 2 rings (SSSR count). The Kier molecular flexibility index (Phi) is 3.07. The van der Waals surface area contributed by atoms with Gasteiger partial charge in [-0.3, -0.25) is 9.59 Å². The number of esters is 1. The average Bonchev–Trinajstić information content (AvgIpc) is 2.32. The van der Waals surface area contributed by atoms with E-state index in [0.717, 1.165) is 5.69 Å². The highest BCUT2D eigenvalue weighted by Gasteiger charge is 2.37. The summed E-state index contributed by atoms with van der Waals surface area (Å²) >= 11 is 6.02. The molecule has 0 saturated carbocycles. The van der Waals surface area contributed by atoms with E-state index < -0.39 is 11.9 Å². The Labute approximate surface area is 104 Å². The number of ketones is 1. The zero-order valence-electron chi connectivity index (χ0n) is 9.57. The van der Waals surface area contributed by atoms with Gasteiger partial charge in [-0.15, -0.1) is 0 Å². The number of hydrogen-bond acceptors (Lipinski definition) is 4. The minimum absolute atomic E-state index is 0.268. The number of carbonyl (C=O) groups is 2. The van der Waals surface area contributed by atoms with Gasteiger partial charge in [-0.25, -0.2) is 0 Å². The van der Waals surface area contributed by atoms with Crippen LogP contribution >= 0.6 is 11.6 Å². The zero-order chi connectivity index (χ0) is 12.6. The average molecular weight is 254 g/mol. The summed E-state index contributed by atoms with van der Waals surface area (Å²) in [4.78, 5) is 25.5. The lowest BCUT2D eigenvalue weighted by molar-refractivity contribution is -0.143. The number of carbonyl (C=O) groups excluding carboxylic acids is 2. The number of nitrogens with zero attached hydrogens (tertiary/aromatic N) is 1. The van der Waals surface area contributed by atoms with Gasteiger partial charge in [-0.05, 0) is 12.1 Å². The number of halogens is 1. The molecule has 1 unspecified atom stereocenters. The van der Waals surface area contributed by atoms with Crippen molar-refractivity contribution >= 4 is 29.0 Å². The van der Waals surface area contributed by atoms with E-state index in [1.165, 1.54) is 7.11 Å². The van der Waals surface area contributed by atoms with Crippen molar-refractivity contribution in [2.45, 2.75) is 0 Å². The molecule has 1 heterocycles. The van der Waals surface area contributed by atoms with Crippen molar-refractivity contribution in [1.29, 1.82) is 0 Å². The van der Waals surface area contributed by atoms with Crippen molar-refractivity contribution in [2.24, 2.45) is 5.92 Å². The second kappa shape index (κ2) is 4.37. The lowest BCUT2D eigenvalue weighted by Crippen LogP contribution is -2.41. The van der Waals surface area contributed by atoms with Crippen LogP contribution in [0.2, 0.25) is 5.02 Å². The third-order valence-electron chi connectivity index (χ3n) is 2.91. The van der Waals surface area contributed by atoms with E-state index in [4.69, 9.17) is 11.6 Å². The van der Waals surface area contributed by atoms with Crippen LogP contribution in [0.25, 0.3) is 0 Å². The molecule has 0 fully saturated rings. The van der Waals surface area contributed by atoms with Crippen LogP contribution in [0.5, 0.6) is 0 Å². The summed E-state index contributed by atoms with van der Waals surface area (Å²) in [5.41, 5.74) is 1.15. The number of Topliss-reactive ketones (excluding diaryl/α,β-unsaturated/α-hetero) is 1. The third-order valence-corrected chi connectivity index (χ3v) is 3.22. The summed E-state index contributed by atoms with van der Waals surface area (Å²) in [6, 6.07) is 5.24. The number of benzene rings is 1. The number of fused-ring (bicyclic) bond motifs is 1. The van der Waals surface area contributed by atoms with Crippen molar-refractivity contribution < 1.29 is 14.3 Å². The maximum Gasteiger partial charge on any atom is 0.318 e. The van der Waals surface area contributed by atoms with Gasteiger partial charge in [0.1, 0.15) is 5.92 Å². The van der Waals surface area contributed by atoms with Crippen LogP contribution in [0.1, 0.15) is 10.4 Å². The molecule has 1 atom stereocenters. The number of ether oxygens (including phenoxy) is 1. The molecule has 1 aliphatic rings. The summed E-state index contributed by atoms with van der Waals surface area (Å²) in [5, 5.41) is 0.368. The SMILES string of the molecule is COC(=O)C1CN(C)c2cccc(Cl)c2C1=O. The molecule has 4 nitrogen and oxygen atoms in total. The van der Waals surface area contributed by atoms with Crippen LogP contribution in [0.3, 0.4) is 0 Å². The Bertz CT molecular complexity index is 487. The van der Waals surface area contributed by atoms with E-state index in [1.807, 2.05) is 18.0 Å². The molecule has 0 N–H and O–H groups in total. The Morgan fingerprint density at radius 3 is 2.88 bits per heavy atom. The van der Waals surface area contributed by atoms with Gasteiger partial charge in [-0.1, -0.05) is 17.7 Å². The quantitative estimate of drug-likeness (QED) is 0.565. The minimum atomic E-state index is -0.794. The topological polar surface area (TPSA) is 46.6 Å². The molecule has 1 aliphatic heterocycles. The normalized spacial score (nSPS) is 18.9. The van der Waals surface area contributed by atoms with Crippen molar-refractivity contribution in [3.05, 3.63) is 28.8 Å². The summed E-state index contributed by atoms with van der Waals surface area (Å²) in [6.07, 6.45) is 0. The molecule has 0 saturated heterocycles. The van der Waals surface area contributed by atoms with Crippen molar-refractivity contribution in [1.82, 2.24) is 0 Å². The van der Waals surface area contributed by atoms with Gasteiger partial charge in [0.25, 0.3) is 0 Å². The highest BCUT2D eigenvalue weighted by atomic mass is 35.5. The first-order valence-electron chi connectivity index (χ1n) is 5.18. The molecule has 0 bridgehead atoms. The maximum absolute atomic E-state index is 12.2. The Morgan fingerprint density at radius 2 is 2.24 bits per heavy atom. The van der Waals surface area contributed by atoms with Gasteiger partial charge < -0.3 is 9.64 Å². The highest BCUT2D eigenvalue weighted by molar-refractivity contribution is 6.35. The summed E-state index contributed by atoms with van der Waals surface area (Å²) in [7, 11) is 3.09. The molecule has 0 spiro atoms. The predicted octanol–water partition coefficient (Wildman–Crippen LogP) is 1.76. The Balaban J connectivity index is 2.50. The molecule has 0 aliphatic carbocycles. The van der Waals surface area contributed by atoms with Gasteiger partial charge in [0.05, 0.1) is 17.7 Å². The number of rotatable bonds is 1. The van der Waals surface area contributed by atoms with Gasteiger partial charge in [-0.2, -0.15) is 0 Å². The Morgan fingerprint density at radius 1 is 1.53 bits per heavy atom. The predicted molar refractivity (Wildman–Crippen MR) is 64.6 cm³/mol. The molecule has 5 heteroatoms. The Hall–Kier alpha value is -1.55. The first-order chi connectivity index (χ1) is 8.06. The van der Waals surface area contributed by atoms with Crippen molar-refractivity contribution in [3.63, 3.8) is 0 Å². The van der Waals surface area contributed by atoms with E-state index in [-0.39, 0.29) is 5.78 Å². The van der Waals surface area contributed by atoms with E-state index in [1.54, 1.807) is 12.1 Å². The second-order valence-corrected chi connectivity index (χ2v) is 4.36. The van der Waals surface area contributed by atoms with Crippen LogP contribution < -0.4 is 4.90 Å². The number of methoxy groups -OCH3 is 1. The standard InChI is InChI=1S/C12H12ClNO3/c1-14-6-7(12(16)17-2)11(15)10-8(13)4-3-5-9(10)14/h3-5,7H,6H2,1-2H3. The van der Waals surface area contributed by atoms with Crippen LogP contribution in [-0.2, 0) is 9.53 Å². The minimum Gasteiger partial charge on any atom is -0.468 e. The molecule has 0 aromatic heterocycles. The first kappa shape index (κ1) is 11.9. The largest absolute Gasteiger partial charge is 0.468 e. The fraction of sp³-hybridized carbons (Fsp3) is 0.333. The zero-order valence-corrected chi connectivity index (χ0v) is 10.3. The van der Waals surface area contributed by atoms with E-state index in [9.17, 15) is 9.59 Å². The third kappa shape index (κ3) is 1.89. The smallest absolute Gasteiger partial charge is 0.318 e. The van der Waals surface area contributed by atoms with Crippen LogP contribution in [0.15, 0.2) is 18.2 Å². The summed E-state index contributed by atoms with van der Waals surface area (Å²) < 4.78 is 4.63. The maximum atomic E-state index is 12.2. The molecule has 1 aromatic rings. The van der Waals surface area contributed by atoms with E-state index in [0.29, 0.717) is 17.1 Å². The molecule has 1 aromatic carbocycles. The highest BCUT2D eigenvalue weighted by Crippen LogP contribution is 2.33. The van der Waals surface area contributed by atoms with Gasteiger partial charge in [0, 0.05) is 19.3 Å². The molecule has 90 valence electrons. The lowest BCUT2D eigenvalue weighted by atomic mass is 9.91. The monoisotopic (exact) mass is 253 g/mol. The van der Waals surface area contributed by atoms with Crippen LogP contribution in [0.4, 0.5) is 5.69 Å². The van der Waals surface area contributed by atoms with Crippen LogP contribution in [-0.4, -0.2) is 32.5 Å². The molecule has 0 radical (unpaired) electrons. The second-order valence-electron chi connectivity index (χ2n) is 3.95. The molecular formula is C12H12ClNO3. The molecular weight excluding hydrogens is 242 g/mol. The molecule has 17 heavy (non-hydrogen) atoms. The lowest BCUT2D eigenvalue weighted by Gasteiger charge is -2.31. The summed E-state index contributed by atoms with van der Waals surface area (Å²) in [6.45, 7) is 0.318. The van der Waals surface area contributed by atoms with Gasteiger partial charge >= 0.3 is 5.97 Å².